The van der Waals surface area contributed by atoms with Crippen LogP contribution >= 0.6 is 0 Å². The zero-order valence-electron chi connectivity index (χ0n) is 15.7. The second-order valence-electron chi connectivity index (χ2n) is 6.37. The molecular weight excluding hydrogens is 280 g/mol. The highest BCUT2D eigenvalue weighted by molar-refractivity contribution is 5.16. The van der Waals surface area contributed by atoms with Gasteiger partial charge in [0.1, 0.15) is 13.1 Å². The summed E-state index contributed by atoms with van der Waals surface area (Å²) < 4.78 is 4.50. The van der Waals surface area contributed by atoms with Gasteiger partial charge in [-0.25, -0.2) is 9.13 Å². The third-order valence-corrected chi connectivity index (χ3v) is 4.10. The lowest BCUT2D eigenvalue weighted by Gasteiger charge is -1.98. The van der Waals surface area contributed by atoms with E-state index in [2.05, 4.69) is 86.7 Å². The van der Waals surface area contributed by atoms with Crippen molar-refractivity contribution in [3.63, 3.8) is 0 Å². The van der Waals surface area contributed by atoms with Crippen LogP contribution in [0, 0.1) is 20.8 Å². The van der Waals surface area contributed by atoms with E-state index < -0.39 is 0 Å². The van der Waals surface area contributed by atoms with Crippen LogP contribution in [0.1, 0.15) is 56.2 Å². The molecule has 0 N–H and O–H groups in total. The first kappa shape index (κ1) is 19.3. The maximum absolute atomic E-state index is 2.27. The van der Waals surface area contributed by atoms with E-state index in [1.165, 1.54) is 42.4 Å². The third-order valence-electron chi connectivity index (χ3n) is 4.10. The Morgan fingerprint density at radius 2 is 1.22 bits per heavy atom. The van der Waals surface area contributed by atoms with E-state index in [4.69, 9.17) is 0 Å². The quantitative estimate of drug-likeness (QED) is 0.695. The zero-order chi connectivity index (χ0) is 17.1. The molecule has 2 rings (SSSR count). The van der Waals surface area contributed by atoms with Crippen LogP contribution in [0.5, 0.6) is 0 Å². The molecule has 0 aliphatic carbocycles. The molecule has 2 aromatic rings. The van der Waals surface area contributed by atoms with E-state index in [-0.39, 0.29) is 0 Å². The number of nitrogens with zero attached hydrogens (tertiary/aromatic N) is 2. The fourth-order valence-electron chi connectivity index (χ4n) is 2.23. The van der Waals surface area contributed by atoms with Crippen molar-refractivity contribution in [2.45, 2.75) is 73.4 Å². The summed E-state index contributed by atoms with van der Waals surface area (Å²) in [5, 5.41) is 0. The second kappa shape index (κ2) is 10.9. The molecule has 2 aromatic heterocycles. The van der Waals surface area contributed by atoms with Crippen molar-refractivity contribution in [2.75, 3.05) is 0 Å². The summed E-state index contributed by atoms with van der Waals surface area (Å²) in [7, 11) is 0. The average molecular weight is 315 g/mol. The van der Waals surface area contributed by atoms with Crippen LogP contribution in [0.25, 0.3) is 0 Å². The van der Waals surface area contributed by atoms with Crippen LogP contribution < -0.4 is 9.13 Å². The van der Waals surface area contributed by atoms with Crippen molar-refractivity contribution >= 4 is 0 Å². The topological polar surface area (TPSA) is 7.76 Å². The molecule has 0 spiro atoms. The average Bonchev–Trinajstić information content (AvgIpc) is 2.56. The Bertz CT molecular complexity index is 559. The predicted octanol–water partition coefficient (Wildman–Crippen LogP) is 4.47. The molecule has 2 heterocycles. The van der Waals surface area contributed by atoms with Crippen LogP contribution in [0.4, 0.5) is 0 Å². The van der Waals surface area contributed by atoms with Crippen molar-refractivity contribution in [3.05, 3.63) is 59.7 Å². The Hall–Kier alpha value is -1.70. The molecule has 0 bridgehead atoms. The van der Waals surface area contributed by atoms with E-state index in [9.17, 15) is 0 Å². The molecule has 0 amide bonds. The van der Waals surface area contributed by atoms with Gasteiger partial charge in [-0.15, -0.1) is 0 Å². The Morgan fingerprint density at radius 3 is 1.74 bits per heavy atom. The van der Waals surface area contributed by atoms with Crippen LogP contribution in [0.3, 0.4) is 0 Å². The summed E-state index contributed by atoms with van der Waals surface area (Å²) in [6.07, 6.45) is 13.8. The highest BCUT2D eigenvalue weighted by Gasteiger charge is 2.01. The van der Waals surface area contributed by atoms with Gasteiger partial charge in [0.2, 0.25) is 0 Å². The minimum atomic E-state index is 1.15. The minimum Gasteiger partial charge on any atom is -0.205 e. The summed E-state index contributed by atoms with van der Waals surface area (Å²) in [4.78, 5) is 0. The molecule has 0 fully saturated rings. The van der Waals surface area contributed by atoms with Gasteiger partial charge in [-0.05, 0) is 31.9 Å². The van der Waals surface area contributed by atoms with E-state index >= 15 is 0 Å². The van der Waals surface area contributed by atoms with Crippen LogP contribution in [0.15, 0.2) is 43.0 Å². The number of aryl methyl sites for hydroxylation is 5. The summed E-state index contributed by atoms with van der Waals surface area (Å²) in [6, 6.07) is 6.48. The summed E-state index contributed by atoms with van der Waals surface area (Å²) in [5.41, 5.74) is 4.09. The number of unbranched alkanes of at least 4 members (excludes halogenated alkanes) is 2. The smallest absolute Gasteiger partial charge is 0.171 e. The normalized spacial score (nSPS) is 10.1. The lowest BCUT2D eigenvalue weighted by molar-refractivity contribution is -0.697. The highest BCUT2D eigenvalue weighted by Crippen LogP contribution is 2.00. The first-order valence-corrected chi connectivity index (χ1v) is 8.98. The molecule has 0 atom stereocenters. The van der Waals surface area contributed by atoms with E-state index in [1.807, 2.05) is 0 Å². The molecule has 2 nitrogen and oxygen atoms in total. The summed E-state index contributed by atoms with van der Waals surface area (Å²) in [5.74, 6) is 0. The van der Waals surface area contributed by atoms with Crippen LogP contribution in [-0.4, -0.2) is 0 Å². The third kappa shape index (κ3) is 7.92. The number of pyridine rings is 2. The van der Waals surface area contributed by atoms with Crippen molar-refractivity contribution in [1.82, 2.24) is 0 Å². The van der Waals surface area contributed by atoms with Crippen LogP contribution in [-0.2, 0) is 13.1 Å². The van der Waals surface area contributed by atoms with Gasteiger partial charge >= 0.3 is 0 Å². The van der Waals surface area contributed by atoms with Gasteiger partial charge < -0.3 is 0 Å². The molecular formula is C21H34N2+2. The Labute approximate surface area is 142 Å². The lowest BCUT2D eigenvalue weighted by Crippen LogP contribution is -2.33. The standard InChI is InChI=1S/C11H18N.C10H16N/c1-4-5-7-12-8-6-10(2)11(3)9-12;1-3-4-7-11-8-5-10(2)6-9-11/h6,8-9H,4-5,7H2,1-3H3;5-6,8-9H,3-4,7H2,1-2H3/q2*+1. The molecule has 0 unspecified atom stereocenters. The molecule has 0 aromatic carbocycles. The van der Waals surface area contributed by atoms with E-state index in [0.717, 1.165) is 13.1 Å². The monoisotopic (exact) mass is 314 g/mol. The first-order chi connectivity index (χ1) is 11.1. The summed E-state index contributed by atoms with van der Waals surface area (Å²) >= 11 is 0. The number of hydrogen-bond acceptors (Lipinski definition) is 0. The van der Waals surface area contributed by atoms with E-state index in [1.54, 1.807) is 0 Å². The van der Waals surface area contributed by atoms with Crippen molar-refractivity contribution in [1.29, 1.82) is 0 Å². The van der Waals surface area contributed by atoms with E-state index in [0.29, 0.717) is 0 Å². The fraction of sp³-hybridized carbons (Fsp3) is 0.524. The lowest BCUT2D eigenvalue weighted by atomic mass is 10.2. The zero-order valence-corrected chi connectivity index (χ0v) is 15.7. The molecule has 0 aliphatic heterocycles. The number of rotatable bonds is 6. The fourth-order valence-corrected chi connectivity index (χ4v) is 2.23. The van der Waals surface area contributed by atoms with Gasteiger partial charge in [0.15, 0.2) is 24.8 Å². The Balaban J connectivity index is 0.000000231. The maximum atomic E-state index is 2.27. The van der Waals surface area contributed by atoms with Gasteiger partial charge in [0.25, 0.3) is 0 Å². The molecule has 0 saturated carbocycles. The first-order valence-electron chi connectivity index (χ1n) is 8.98. The maximum Gasteiger partial charge on any atom is 0.171 e. The minimum absolute atomic E-state index is 1.15. The largest absolute Gasteiger partial charge is 0.205 e. The number of aromatic nitrogens is 2. The molecule has 126 valence electrons. The van der Waals surface area contributed by atoms with Crippen molar-refractivity contribution in [3.8, 4) is 0 Å². The predicted molar refractivity (Wildman–Crippen MR) is 97.3 cm³/mol. The Morgan fingerprint density at radius 1 is 0.696 bits per heavy atom. The van der Waals surface area contributed by atoms with Gasteiger partial charge in [-0.1, -0.05) is 26.7 Å². The van der Waals surface area contributed by atoms with Crippen molar-refractivity contribution in [2.24, 2.45) is 0 Å². The molecule has 2 heteroatoms. The molecule has 0 aliphatic rings. The van der Waals surface area contributed by atoms with Crippen LogP contribution in [0.2, 0.25) is 0 Å². The highest BCUT2D eigenvalue weighted by atomic mass is 14.9. The SMILES string of the molecule is CCCC[n+]1ccc(C)c(C)c1.CCCC[n+]1ccc(C)cc1. The van der Waals surface area contributed by atoms with Crippen molar-refractivity contribution < 1.29 is 9.13 Å². The molecule has 0 radical (unpaired) electrons. The van der Waals surface area contributed by atoms with Gasteiger partial charge in [-0.3, -0.25) is 0 Å². The van der Waals surface area contributed by atoms with Gasteiger partial charge in [-0.2, -0.15) is 0 Å². The molecule has 0 saturated heterocycles. The second-order valence-corrected chi connectivity index (χ2v) is 6.37. The Kier molecular flexibility index (Phi) is 9.20. The molecule has 23 heavy (non-hydrogen) atoms. The number of hydrogen-bond donors (Lipinski definition) is 0. The van der Waals surface area contributed by atoms with Gasteiger partial charge in [0, 0.05) is 36.6 Å². The van der Waals surface area contributed by atoms with Gasteiger partial charge in [0.05, 0.1) is 0 Å². The summed E-state index contributed by atoms with van der Waals surface area (Å²) in [6.45, 7) is 13.2.